The highest BCUT2D eigenvalue weighted by molar-refractivity contribution is 5.88. The third-order valence-corrected chi connectivity index (χ3v) is 10.3. The Kier molecular flexibility index (Phi) is 15.4. The van der Waals surface area contributed by atoms with E-state index in [1.165, 1.54) is 24.1 Å². The maximum atomic E-state index is 15.3. The van der Waals surface area contributed by atoms with Crippen LogP contribution >= 0.6 is 0 Å². The lowest BCUT2D eigenvalue weighted by Gasteiger charge is -2.39. The molecule has 5 nitrogen and oxygen atoms in total. The molecule has 2 aromatic rings. The lowest BCUT2D eigenvalue weighted by molar-refractivity contribution is -0.125. The van der Waals surface area contributed by atoms with E-state index in [1.54, 1.807) is 13.1 Å². The third-order valence-electron chi connectivity index (χ3n) is 10.3. The zero-order valence-electron chi connectivity index (χ0n) is 31.2. The Balaban J connectivity index is 0.00000273. The number of hydrogen-bond acceptors (Lipinski definition) is 4. The fraction of sp³-hybridized carbons (Fsp3) is 0.610. The number of carbonyl (C=O) groups excluding carboxylic acids is 2. The highest BCUT2D eigenvalue weighted by atomic mass is 19.1. The molecule has 3 aliphatic rings. The van der Waals surface area contributed by atoms with Crippen LogP contribution in [0.1, 0.15) is 126 Å². The summed E-state index contributed by atoms with van der Waals surface area (Å²) < 4.78 is 15.3. The molecule has 1 atom stereocenters. The number of halogens is 1. The summed E-state index contributed by atoms with van der Waals surface area (Å²) in [5.74, 6) is 0.840. The van der Waals surface area contributed by atoms with E-state index in [1.807, 2.05) is 54.4 Å². The van der Waals surface area contributed by atoms with E-state index in [0.29, 0.717) is 23.4 Å². The number of rotatable bonds is 10. The number of nitrogens with zero attached hydrogens (tertiary/aromatic N) is 1. The van der Waals surface area contributed by atoms with Crippen LogP contribution in [-0.2, 0) is 21.4 Å². The number of carbonyl (C=O) groups is 2. The molecule has 2 saturated carbocycles. The van der Waals surface area contributed by atoms with E-state index < -0.39 is 5.41 Å². The average Bonchev–Trinajstić information content (AvgIpc) is 3.32. The van der Waals surface area contributed by atoms with Crippen LogP contribution in [-0.4, -0.2) is 50.3 Å². The third kappa shape index (κ3) is 9.55. The summed E-state index contributed by atoms with van der Waals surface area (Å²) >= 11 is 0. The van der Waals surface area contributed by atoms with Gasteiger partial charge in [-0.1, -0.05) is 78.8 Å². The second-order valence-corrected chi connectivity index (χ2v) is 14.4. The Hall–Kier alpha value is -2.99. The molecule has 2 aromatic carbocycles. The lowest BCUT2D eigenvalue weighted by Crippen LogP contribution is -2.44. The number of nitrogens with one attached hydrogen (secondary N) is 2. The van der Waals surface area contributed by atoms with Gasteiger partial charge < -0.3 is 15.4 Å². The van der Waals surface area contributed by atoms with Crippen molar-refractivity contribution in [2.45, 2.75) is 130 Å². The Bertz CT molecular complexity index is 1320. The minimum Gasteiger partial charge on any atom is -0.385 e. The molecule has 1 heterocycles. The van der Waals surface area contributed by atoms with Crippen molar-refractivity contribution in [2.75, 3.05) is 20.6 Å². The number of aryl methyl sites for hydroxylation is 1. The predicted octanol–water partition coefficient (Wildman–Crippen LogP) is 9.69. The van der Waals surface area contributed by atoms with Gasteiger partial charge in [0, 0.05) is 34.2 Å². The molecule has 1 aliphatic heterocycles. The molecule has 3 fully saturated rings. The molecule has 1 amide bonds. The maximum Gasteiger partial charge on any atom is 0.229 e. The first-order chi connectivity index (χ1) is 22.4. The highest BCUT2D eigenvalue weighted by Gasteiger charge is 2.38. The van der Waals surface area contributed by atoms with Crippen LogP contribution in [0.4, 0.5) is 4.39 Å². The molecule has 0 radical (unpaired) electrons. The van der Waals surface area contributed by atoms with Gasteiger partial charge in [-0.3, -0.25) is 9.69 Å². The van der Waals surface area contributed by atoms with Crippen LogP contribution in [0.2, 0.25) is 0 Å². The summed E-state index contributed by atoms with van der Waals surface area (Å²) in [5.41, 5.74) is 6.02. The van der Waals surface area contributed by atoms with Gasteiger partial charge in [0.2, 0.25) is 5.91 Å². The van der Waals surface area contributed by atoms with Crippen molar-refractivity contribution in [3.8, 4) is 11.1 Å². The molecule has 0 bridgehead atoms. The van der Waals surface area contributed by atoms with Crippen molar-refractivity contribution in [2.24, 2.45) is 11.3 Å². The monoisotopic (exact) mass is 654 g/mol. The molecule has 0 spiro atoms. The largest absolute Gasteiger partial charge is 0.385 e. The van der Waals surface area contributed by atoms with E-state index in [0.717, 1.165) is 67.3 Å². The topological polar surface area (TPSA) is 61.4 Å². The van der Waals surface area contributed by atoms with Crippen LogP contribution in [0.15, 0.2) is 48.7 Å². The summed E-state index contributed by atoms with van der Waals surface area (Å²) in [6.45, 7) is 24.1. The fourth-order valence-electron chi connectivity index (χ4n) is 7.49. The van der Waals surface area contributed by atoms with Gasteiger partial charge >= 0.3 is 0 Å². The van der Waals surface area contributed by atoms with Crippen molar-refractivity contribution >= 4 is 12.7 Å². The van der Waals surface area contributed by atoms with Crippen LogP contribution in [0, 0.1) is 17.2 Å². The highest BCUT2D eigenvalue weighted by Crippen LogP contribution is 2.44. The summed E-state index contributed by atoms with van der Waals surface area (Å²) in [5, 5.41) is 6.57. The second kappa shape index (κ2) is 18.0. The van der Waals surface area contributed by atoms with Crippen LogP contribution in [0.3, 0.4) is 0 Å². The molecule has 6 heteroatoms. The average molecular weight is 654 g/mol. The number of likely N-dealkylation sites (tertiary alicyclic amines) is 1. The van der Waals surface area contributed by atoms with Gasteiger partial charge in [-0.05, 0) is 123 Å². The number of amides is 1. The van der Waals surface area contributed by atoms with Crippen molar-refractivity contribution in [1.82, 2.24) is 15.5 Å². The summed E-state index contributed by atoms with van der Waals surface area (Å²) in [7, 11) is 3.90. The van der Waals surface area contributed by atoms with Crippen molar-refractivity contribution in [3.05, 3.63) is 71.2 Å². The quantitative estimate of drug-likeness (QED) is 0.268. The standard InChI is InChI=1S/C36H50FN3O.2C2H6.CH2O.2H2/c1-23(32-21-35(2,3)22-40(32)7)39-28-18-24(19-28)14-15-25-16-17-27(36(4,5)34(41)38-6)20-30(25)29-12-9-13-31(37)33(29)26-10-8-11-26;3*1-2;;/h9,12-13,16-17,20,24,26,28,32,39H,1,8,10-11,14-15,18-19,21-22H2,2-7H3,(H,38,41);2*1-2H3;1H2;2*1H/t24?,28?,32-;;;;;/m0...../s1. The Morgan fingerprint density at radius 3 is 2.23 bits per heavy atom. The van der Waals surface area contributed by atoms with E-state index in [2.05, 4.69) is 67.3 Å². The van der Waals surface area contributed by atoms with Gasteiger partial charge in [0.25, 0.3) is 0 Å². The zero-order chi connectivity index (χ0) is 35.5. The lowest BCUT2D eigenvalue weighted by atomic mass is 9.74. The van der Waals surface area contributed by atoms with Gasteiger partial charge in [-0.15, -0.1) is 0 Å². The number of likely N-dealkylation sites (N-methyl/N-ethyl adjacent to an activating group) is 2. The van der Waals surface area contributed by atoms with Crippen molar-refractivity contribution < 1.29 is 16.8 Å². The molecular weight excluding hydrogens is 585 g/mol. The molecule has 47 heavy (non-hydrogen) atoms. The normalized spacial score (nSPS) is 21.6. The van der Waals surface area contributed by atoms with Crippen LogP contribution in [0.5, 0.6) is 0 Å². The maximum absolute atomic E-state index is 15.3. The molecule has 266 valence electrons. The minimum absolute atomic E-state index is 0. The van der Waals surface area contributed by atoms with Crippen molar-refractivity contribution in [3.63, 3.8) is 0 Å². The van der Waals surface area contributed by atoms with Crippen LogP contribution in [0.25, 0.3) is 11.1 Å². The van der Waals surface area contributed by atoms with Gasteiger partial charge in [0.05, 0.1) is 5.41 Å². The first kappa shape index (κ1) is 40.2. The summed E-state index contributed by atoms with van der Waals surface area (Å²) in [6, 6.07) is 12.9. The molecular formula is C41H68FN3O2. The van der Waals surface area contributed by atoms with E-state index in [9.17, 15) is 4.79 Å². The van der Waals surface area contributed by atoms with E-state index in [4.69, 9.17) is 4.79 Å². The predicted molar refractivity (Wildman–Crippen MR) is 201 cm³/mol. The number of benzene rings is 2. The Labute approximate surface area is 289 Å². The molecule has 1 saturated heterocycles. The van der Waals surface area contributed by atoms with Gasteiger partial charge in [0.15, 0.2) is 0 Å². The summed E-state index contributed by atoms with van der Waals surface area (Å²) in [6.07, 6.45) is 8.81. The minimum atomic E-state index is -0.677. The molecule has 0 aromatic heterocycles. The number of hydrogen-bond donors (Lipinski definition) is 2. The first-order valence-corrected chi connectivity index (χ1v) is 18.0. The Morgan fingerprint density at radius 1 is 1.06 bits per heavy atom. The first-order valence-electron chi connectivity index (χ1n) is 18.0. The van der Waals surface area contributed by atoms with E-state index >= 15 is 4.39 Å². The molecule has 0 unspecified atom stereocenters. The Morgan fingerprint density at radius 2 is 1.70 bits per heavy atom. The van der Waals surface area contributed by atoms with Crippen LogP contribution < -0.4 is 10.6 Å². The fourth-order valence-corrected chi connectivity index (χ4v) is 7.49. The van der Waals surface area contributed by atoms with E-state index in [-0.39, 0.29) is 20.5 Å². The second-order valence-electron chi connectivity index (χ2n) is 14.4. The van der Waals surface area contributed by atoms with Crippen molar-refractivity contribution in [1.29, 1.82) is 0 Å². The van der Waals surface area contributed by atoms with Gasteiger partial charge in [-0.25, -0.2) is 4.39 Å². The molecule has 2 N–H and O–H groups in total. The summed E-state index contributed by atoms with van der Waals surface area (Å²) in [4.78, 5) is 23.2. The SMILES string of the molecule is C=C(NC1CC(CCc2ccc(C(C)(C)C(=O)NC)cc2-c2cccc(F)c2C2CCC2)C1)[C@@H]1CC(C)(C)CN1C.C=O.CC.CC.[HH].[HH]. The zero-order valence-corrected chi connectivity index (χ0v) is 31.2. The molecule has 5 rings (SSSR count). The molecule has 2 aliphatic carbocycles. The van der Waals surface area contributed by atoms with Gasteiger partial charge in [0.1, 0.15) is 12.6 Å². The van der Waals surface area contributed by atoms with Gasteiger partial charge in [-0.2, -0.15) is 0 Å². The smallest absolute Gasteiger partial charge is 0.229 e.